The van der Waals surface area contributed by atoms with Gasteiger partial charge in [-0.05, 0) is 38.5 Å². The second-order valence-corrected chi connectivity index (χ2v) is 9.48. The number of hydrogen-bond acceptors (Lipinski definition) is 4. The van der Waals surface area contributed by atoms with Crippen LogP contribution in [0.2, 0.25) is 0 Å². The fourth-order valence-corrected chi connectivity index (χ4v) is 5.58. The molecule has 1 aliphatic carbocycles. The van der Waals surface area contributed by atoms with Gasteiger partial charge in [0.1, 0.15) is 0 Å². The molecule has 176 valence electrons. The van der Waals surface area contributed by atoms with E-state index in [0.717, 1.165) is 81.3 Å². The summed E-state index contributed by atoms with van der Waals surface area (Å²) in [6, 6.07) is 0.377. The highest BCUT2D eigenvalue weighted by atomic mass is 127. The van der Waals surface area contributed by atoms with Crippen LogP contribution in [0.4, 0.5) is 0 Å². The topological polar surface area (TPSA) is 74.5 Å². The first-order chi connectivity index (χ1) is 14.6. The van der Waals surface area contributed by atoms with E-state index in [1.54, 1.807) is 0 Å². The molecule has 3 rings (SSSR count). The maximum Gasteiger partial charge on any atom is 0.225 e. The molecule has 1 saturated heterocycles. The van der Waals surface area contributed by atoms with Crippen molar-refractivity contribution in [3.05, 3.63) is 17.0 Å². The van der Waals surface area contributed by atoms with Crippen LogP contribution < -0.4 is 10.6 Å². The zero-order chi connectivity index (χ0) is 21.5. The lowest BCUT2D eigenvalue weighted by Crippen LogP contribution is -2.47. The zero-order valence-corrected chi connectivity index (χ0v) is 22.6. The van der Waals surface area contributed by atoms with E-state index in [2.05, 4.69) is 39.5 Å². The summed E-state index contributed by atoms with van der Waals surface area (Å²) < 4.78 is 2.01. The lowest BCUT2D eigenvalue weighted by atomic mass is 9.85. The predicted octanol–water partition coefficient (Wildman–Crippen LogP) is 2.96. The van der Waals surface area contributed by atoms with Crippen LogP contribution in [0.25, 0.3) is 0 Å². The Hall–Kier alpha value is -0.970. The number of aryl methyl sites for hydroxylation is 2. The Kier molecular flexibility index (Phi) is 10.9. The van der Waals surface area contributed by atoms with Gasteiger partial charge in [0.2, 0.25) is 5.91 Å². The second-order valence-electron chi connectivity index (χ2n) is 8.26. The van der Waals surface area contributed by atoms with Crippen LogP contribution in [0.15, 0.2) is 4.99 Å². The van der Waals surface area contributed by atoms with Gasteiger partial charge in [-0.25, -0.2) is 0 Å². The van der Waals surface area contributed by atoms with Crippen LogP contribution in [0.3, 0.4) is 0 Å². The summed E-state index contributed by atoms with van der Waals surface area (Å²) in [5, 5.41) is 11.7. The van der Waals surface area contributed by atoms with Crippen molar-refractivity contribution >= 4 is 47.6 Å². The molecule has 0 spiro atoms. The molecule has 1 aliphatic heterocycles. The first-order valence-electron chi connectivity index (χ1n) is 11.4. The lowest BCUT2D eigenvalue weighted by Gasteiger charge is -2.34. The first kappa shape index (κ1) is 26.3. The number of halogens is 1. The Labute approximate surface area is 208 Å². The molecule has 1 amide bonds. The van der Waals surface area contributed by atoms with Crippen molar-refractivity contribution in [1.82, 2.24) is 25.3 Å². The van der Waals surface area contributed by atoms with Gasteiger partial charge in [-0.15, -0.1) is 24.0 Å². The number of carbonyl (C=O) groups is 1. The molecule has 1 saturated carbocycles. The van der Waals surface area contributed by atoms with E-state index in [0.29, 0.717) is 11.9 Å². The van der Waals surface area contributed by atoms with E-state index < -0.39 is 0 Å². The number of nitrogens with one attached hydrogen (secondary N) is 2. The molecule has 0 bridgehead atoms. The van der Waals surface area contributed by atoms with Gasteiger partial charge in [0.05, 0.1) is 5.69 Å². The number of nitrogens with zero attached hydrogens (tertiary/aromatic N) is 4. The van der Waals surface area contributed by atoms with Gasteiger partial charge in [0.15, 0.2) is 5.96 Å². The third kappa shape index (κ3) is 6.76. The molecule has 0 radical (unpaired) electrons. The minimum atomic E-state index is 0. The summed E-state index contributed by atoms with van der Waals surface area (Å²) in [5.41, 5.74) is 3.73. The molecule has 0 atom stereocenters. The average molecular weight is 563 g/mol. The normalized spacial score (nSPS) is 22.1. The van der Waals surface area contributed by atoms with Gasteiger partial charge in [-0.2, -0.15) is 16.9 Å². The van der Waals surface area contributed by atoms with Crippen LogP contribution in [-0.2, 0) is 31.2 Å². The number of amides is 1. The summed E-state index contributed by atoms with van der Waals surface area (Å²) >= 11 is 1.95. The van der Waals surface area contributed by atoms with Gasteiger partial charge in [0.25, 0.3) is 0 Å². The van der Waals surface area contributed by atoms with Crippen molar-refractivity contribution in [2.24, 2.45) is 18.0 Å². The highest BCUT2D eigenvalue weighted by Crippen LogP contribution is 2.27. The molecule has 2 fully saturated rings. The minimum absolute atomic E-state index is 0. The van der Waals surface area contributed by atoms with Gasteiger partial charge in [0, 0.05) is 68.5 Å². The smallest absolute Gasteiger partial charge is 0.225 e. The average Bonchev–Trinajstić information content (AvgIpc) is 3.11. The van der Waals surface area contributed by atoms with Crippen LogP contribution in [0, 0.1) is 5.92 Å². The number of carbonyl (C=O) groups excluding carboxylic acids is 1. The second kappa shape index (κ2) is 12.9. The molecule has 1 aromatic heterocycles. The molecule has 31 heavy (non-hydrogen) atoms. The van der Waals surface area contributed by atoms with E-state index in [9.17, 15) is 4.79 Å². The molecule has 0 unspecified atom stereocenters. The van der Waals surface area contributed by atoms with Gasteiger partial charge in [-0.1, -0.05) is 13.8 Å². The van der Waals surface area contributed by atoms with E-state index in [4.69, 9.17) is 0 Å². The maximum absolute atomic E-state index is 12.8. The number of aromatic nitrogens is 2. The highest BCUT2D eigenvalue weighted by molar-refractivity contribution is 14.0. The number of aliphatic imine (C=N–C) groups is 1. The Morgan fingerprint density at radius 3 is 2.42 bits per heavy atom. The molecule has 2 N–H and O–H groups in total. The number of guanidine groups is 1. The van der Waals surface area contributed by atoms with Gasteiger partial charge >= 0.3 is 0 Å². The van der Waals surface area contributed by atoms with Crippen molar-refractivity contribution in [3.8, 4) is 0 Å². The number of rotatable bonds is 6. The molecule has 7 nitrogen and oxygen atoms in total. The Morgan fingerprint density at radius 1 is 1.16 bits per heavy atom. The largest absolute Gasteiger partial charge is 0.354 e. The zero-order valence-electron chi connectivity index (χ0n) is 19.4. The fraction of sp³-hybridized carbons (Fsp3) is 0.773. The Morgan fingerprint density at radius 2 is 1.84 bits per heavy atom. The molecule has 9 heteroatoms. The highest BCUT2D eigenvalue weighted by Gasteiger charge is 2.30. The summed E-state index contributed by atoms with van der Waals surface area (Å²) in [7, 11) is 3.85. The van der Waals surface area contributed by atoms with E-state index in [1.807, 2.05) is 30.5 Å². The molecular formula is C22H39IN6OS. The molecule has 1 aromatic rings. The first-order valence-corrected chi connectivity index (χ1v) is 12.6. The van der Waals surface area contributed by atoms with Crippen LogP contribution >= 0.6 is 35.7 Å². The molecule has 2 heterocycles. The van der Waals surface area contributed by atoms with E-state index >= 15 is 0 Å². The van der Waals surface area contributed by atoms with Crippen LogP contribution in [0.5, 0.6) is 0 Å². The summed E-state index contributed by atoms with van der Waals surface area (Å²) in [6.45, 7) is 6.91. The third-order valence-corrected chi connectivity index (χ3v) is 7.37. The quantitative estimate of drug-likeness (QED) is 0.317. The van der Waals surface area contributed by atoms with Gasteiger partial charge < -0.3 is 15.5 Å². The standard InChI is InChI=1S/C22H38N6OS.HI/c1-5-19-18(20(6-2)27(4)26-19)15-24-22(23-3)25-17-9-7-16(8-10-17)21(29)28-11-13-30-14-12-28;/h16-17H,5-15H2,1-4H3,(H2,23,24,25);1H. The van der Waals surface area contributed by atoms with Crippen molar-refractivity contribution in [2.75, 3.05) is 31.6 Å². The van der Waals surface area contributed by atoms with Crippen molar-refractivity contribution in [2.45, 2.75) is 65.0 Å². The number of hydrogen-bond donors (Lipinski definition) is 2. The third-order valence-electron chi connectivity index (χ3n) is 6.42. The van der Waals surface area contributed by atoms with Crippen molar-refractivity contribution in [3.63, 3.8) is 0 Å². The lowest BCUT2D eigenvalue weighted by molar-refractivity contribution is -0.136. The predicted molar refractivity (Wildman–Crippen MR) is 140 cm³/mol. The van der Waals surface area contributed by atoms with E-state index in [-0.39, 0.29) is 29.9 Å². The molecule has 2 aliphatic rings. The van der Waals surface area contributed by atoms with Crippen LogP contribution in [-0.4, -0.2) is 64.2 Å². The summed E-state index contributed by atoms with van der Waals surface area (Å²) in [4.78, 5) is 19.3. The Bertz CT molecular complexity index is 739. The summed E-state index contributed by atoms with van der Waals surface area (Å²) in [6.07, 6.45) is 5.89. The molecule has 0 aromatic carbocycles. The SMILES string of the molecule is CCc1nn(C)c(CC)c1CNC(=NC)NC1CCC(C(=O)N2CCSCC2)CC1.I. The minimum Gasteiger partial charge on any atom is -0.354 e. The van der Waals surface area contributed by atoms with E-state index in [1.165, 1.54) is 11.3 Å². The van der Waals surface area contributed by atoms with Crippen molar-refractivity contribution < 1.29 is 4.79 Å². The molecular weight excluding hydrogens is 523 g/mol. The fourth-order valence-electron chi connectivity index (χ4n) is 4.68. The van der Waals surface area contributed by atoms with Crippen molar-refractivity contribution in [1.29, 1.82) is 0 Å². The number of thioether (sulfide) groups is 1. The summed E-state index contributed by atoms with van der Waals surface area (Å²) in [5.74, 6) is 3.59. The van der Waals surface area contributed by atoms with Crippen LogP contribution in [0.1, 0.15) is 56.5 Å². The Balaban J connectivity index is 0.00000341. The van der Waals surface area contributed by atoms with Gasteiger partial charge in [-0.3, -0.25) is 14.5 Å². The maximum atomic E-state index is 12.8. The monoisotopic (exact) mass is 562 g/mol.